The summed E-state index contributed by atoms with van der Waals surface area (Å²) in [7, 11) is 0. The lowest BCUT2D eigenvalue weighted by Crippen LogP contribution is -2.20. The Morgan fingerprint density at radius 2 is 1.86 bits per heavy atom. The zero-order valence-electron chi connectivity index (χ0n) is 11.6. The molecule has 0 saturated heterocycles. The molecule has 1 atom stereocenters. The summed E-state index contributed by atoms with van der Waals surface area (Å²) in [5.74, 6) is 0.609. The third-order valence-corrected chi connectivity index (χ3v) is 3.43. The zero-order valence-corrected chi connectivity index (χ0v) is 11.6. The van der Waals surface area contributed by atoms with Crippen LogP contribution in [0.2, 0.25) is 0 Å². The van der Waals surface area contributed by atoms with Crippen LogP contribution in [0.3, 0.4) is 0 Å². The topological polar surface area (TPSA) is 55.4 Å². The first-order valence-corrected chi connectivity index (χ1v) is 6.80. The first kappa shape index (κ1) is 13.4. The SMILES string of the molecule is CC(=O)Nc1ccc(C2CC(=O)c3ccccc3O2)cc1. The number of hydrogen-bond donors (Lipinski definition) is 1. The maximum Gasteiger partial charge on any atom is 0.221 e. The summed E-state index contributed by atoms with van der Waals surface area (Å²) < 4.78 is 5.90. The molecule has 0 fully saturated rings. The van der Waals surface area contributed by atoms with E-state index in [9.17, 15) is 9.59 Å². The molecule has 1 N–H and O–H groups in total. The fourth-order valence-corrected chi connectivity index (χ4v) is 2.44. The molecule has 0 radical (unpaired) electrons. The first-order valence-electron chi connectivity index (χ1n) is 6.80. The monoisotopic (exact) mass is 281 g/mol. The lowest BCUT2D eigenvalue weighted by molar-refractivity contribution is -0.114. The highest BCUT2D eigenvalue weighted by Gasteiger charge is 2.27. The third-order valence-electron chi connectivity index (χ3n) is 3.43. The Labute approximate surface area is 122 Å². The van der Waals surface area contributed by atoms with E-state index in [2.05, 4.69) is 5.32 Å². The fraction of sp³-hybridized carbons (Fsp3) is 0.176. The van der Waals surface area contributed by atoms with Gasteiger partial charge >= 0.3 is 0 Å². The van der Waals surface area contributed by atoms with E-state index >= 15 is 0 Å². The van der Waals surface area contributed by atoms with Crippen molar-refractivity contribution in [2.75, 3.05) is 5.32 Å². The minimum Gasteiger partial charge on any atom is -0.484 e. The van der Waals surface area contributed by atoms with Crippen molar-refractivity contribution < 1.29 is 14.3 Å². The quantitative estimate of drug-likeness (QED) is 0.918. The predicted octanol–water partition coefficient (Wildman–Crippen LogP) is 3.35. The highest BCUT2D eigenvalue weighted by Crippen LogP contribution is 2.34. The second-order valence-electron chi connectivity index (χ2n) is 5.03. The zero-order chi connectivity index (χ0) is 14.8. The van der Waals surface area contributed by atoms with Crippen molar-refractivity contribution in [2.45, 2.75) is 19.4 Å². The van der Waals surface area contributed by atoms with Crippen LogP contribution in [-0.2, 0) is 4.79 Å². The van der Waals surface area contributed by atoms with Crippen LogP contribution in [-0.4, -0.2) is 11.7 Å². The highest BCUT2D eigenvalue weighted by atomic mass is 16.5. The van der Waals surface area contributed by atoms with Crippen LogP contribution in [0, 0.1) is 0 Å². The number of carbonyl (C=O) groups excluding carboxylic acids is 2. The van der Waals surface area contributed by atoms with Crippen LogP contribution < -0.4 is 10.1 Å². The van der Waals surface area contributed by atoms with Gasteiger partial charge < -0.3 is 10.1 Å². The number of Topliss-reactive ketones (excluding diaryl/α,β-unsaturated/α-hetero) is 1. The van der Waals surface area contributed by atoms with E-state index in [-0.39, 0.29) is 17.8 Å². The Kier molecular flexibility index (Phi) is 3.44. The lowest BCUT2D eigenvalue weighted by atomic mass is 9.96. The molecular weight excluding hydrogens is 266 g/mol. The minimum absolute atomic E-state index is 0.0905. The number of anilines is 1. The predicted molar refractivity (Wildman–Crippen MR) is 79.5 cm³/mol. The average molecular weight is 281 g/mol. The van der Waals surface area contributed by atoms with Crippen LogP contribution in [0.15, 0.2) is 48.5 Å². The Hall–Kier alpha value is -2.62. The van der Waals surface area contributed by atoms with Crippen molar-refractivity contribution in [2.24, 2.45) is 0 Å². The molecule has 0 saturated carbocycles. The van der Waals surface area contributed by atoms with E-state index < -0.39 is 0 Å². The van der Waals surface area contributed by atoms with E-state index in [4.69, 9.17) is 4.74 Å². The van der Waals surface area contributed by atoms with Gasteiger partial charge in [0.1, 0.15) is 11.9 Å². The van der Waals surface area contributed by atoms with Gasteiger partial charge in [0.15, 0.2) is 5.78 Å². The van der Waals surface area contributed by atoms with Crippen LogP contribution >= 0.6 is 0 Å². The maximum atomic E-state index is 12.1. The second-order valence-corrected chi connectivity index (χ2v) is 5.03. The Morgan fingerprint density at radius 1 is 1.14 bits per heavy atom. The highest BCUT2D eigenvalue weighted by molar-refractivity contribution is 6.00. The molecule has 2 aromatic rings. The minimum atomic E-state index is -0.279. The van der Waals surface area contributed by atoms with Gasteiger partial charge in [0.25, 0.3) is 0 Å². The number of nitrogens with one attached hydrogen (secondary N) is 1. The molecule has 0 spiro atoms. The molecular formula is C17H15NO3. The standard InChI is InChI=1S/C17H15NO3/c1-11(19)18-13-8-6-12(7-9-13)17-10-15(20)14-4-2-3-5-16(14)21-17/h2-9,17H,10H2,1H3,(H,18,19). The summed E-state index contributed by atoms with van der Waals surface area (Å²) in [6.45, 7) is 1.47. The van der Waals surface area contributed by atoms with Gasteiger partial charge in [-0.3, -0.25) is 9.59 Å². The molecule has 3 rings (SSSR count). The Bertz CT molecular complexity index is 691. The van der Waals surface area contributed by atoms with Crippen molar-refractivity contribution in [3.8, 4) is 5.75 Å². The molecule has 1 unspecified atom stereocenters. The Morgan fingerprint density at radius 3 is 2.57 bits per heavy atom. The van der Waals surface area contributed by atoms with Crippen LogP contribution in [0.1, 0.15) is 35.4 Å². The molecule has 21 heavy (non-hydrogen) atoms. The van der Waals surface area contributed by atoms with Crippen molar-refractivity contribution >= 4 is 17.4 Å². The lowest BCUT2D eigenvalue weighted by Gasteiger charge is -2.25. The number of rotatable bonds is 2. The summed E-state index contributed by atoms with van der Waals surface area (Å²) in [5.41, 5.74) is 2.30. The fourth-order valence-electron chi connectivity index (χ4n) is 2.44. The van der Waals surface area contributed by atoms with Gasteiger partial charge in [0.05, 0.1) is 12.0 Å². The van der Waals surface area contributed by atoms with Crippen molar-refractivity contribution in [1.29, 1.82) is 0 Å². The molecule has 2 aromatic carbocycles. The number of ketones is 1. The molecule has 1 aliphatic heterocycles. The number of ether oxygens (including phenoxy) is 1. The first-order chi connectivity index (χ1) is 10.1. The van der Waals surface area contributed by atoms with Crippen LogP contribution in [0.4, 0.5) is 5.69 Å². The summed E-state index contributed by atoms with van der Waals surface area (Å²) in [5, 5.41) is 2.71. The summed E-state index contributed by atoms with van der Waals surface area (Å²) >= 11 is 0. The van der Waals surface area contributed by atoms with Gasteiger partial charge in [-0.15, -0.1) is 0 Å². The van der Waals surface area contributed by atoms with Gasteiger partial charge in [-0.05, 0) is 29.8 Å². The number of para-hydroxylation sites is 1. The molecule has 0 bridgehead atoms. The van der Waals surface area contributed by atoms with Crippen molar-refractivity contribution in [1.82, 2.24) is 0 Å². The van der Waals surface area contributed by atoms with E-state index in [0.29, 0.717) is 17.7 Å². The number of fused-ring (bicyclic) bond motifs is 1. The Balaban J connectivity index is 1.82. The number of carbonyl (C=O) groups is 2. The molecule has 106 valence electrons. The average Bonchev–Trinajstić information content (AvgIpc) is 2.47. The van der Waals surface area contributed by atoms with Crippen molar-refractivity contribution in [3.63, 3.8) is 0 Å². The van der Waals surface area contributed by atoms with E-state index in [1.54, 1.807) is 6.07 Å². The molecule has 4 heteroatoms. The molecule has 1 heterocycles. The normalized spacial score (nSPS) is 16.8. The number of hydrogen-bond acceptors (Lipinski definition) is 3. The maximum absolute atomic E-state index is 12.1. The number of amides is 1. The van der Waals surface area contributed by atoms with Crippen LogP contribution in [0.5, 0.6) is 5.75 Å². The molecule has 1 amide bonds. The number of benzene rings is 2. The van der Waals surface area contributed by atoms with E-state index in [0.717, 1.165) is 11.3 Å². The summed E-state index contributed by atoms with van der Waals surface area (Å²) in [6, 6.07) is 14.7. The molecule has 4 nitrogen and oxygen atoms in total. The van der Waals surface area contributed by atoms with Gasteiger partial charge in [0, 0.05) is 12.6 Å². The molecule has 0 aromatic heterocycles. The van der Waals surface area contributed by atoms with Gasteiger partial charge in [0.2, 0.25) is 5.91 Å². The summed E-state index contributed by atoms with van der Waals surface area (Å²) in [6.07, 6.45) is 0.0509. The van der Waals surface area contributed by atoms with Gasteiger partial charge in [-0.25, -0.2) is 0 Å². The van der Waals surface area contributed by atoms with Crippen LogP contribution in [0.25, 0.3) is 0 Å². The molecule has 0 aliphatic carbocycles. The van der Waals surface area contributed by atoms with Gasteiger partial charge in [-0.1, -0.05) is 24.3 Å². The molecule has 1 aliphatic rings. The van der Waals surface area contributed by atoms with Crippen molar-refractivity contribution in [3.05, 3.63) is 59.7 Å². The third kappa shape index (κ3) is 2.79. The van der Waals surface area contributed by atoms with Gasteiger partial charge in [-0.2, -0.15) is 0 Å². The van der Waals surface area contributed by atoms with E-state index in [1.165, 1.54) is 6.92 Å². The largest absolute Gasteiger partial charge is 0.484 e. The van der Waals surface area contributed by atoms with E-state index in [1.807, 2.05) is 42.5 Å². The smallest absolute Gasteiger partial charge is 0.221 e. The second kappa shape index (κ2) is 5.40. The summed E-state index contributed by atoms with van der Waals surface area (Å²) in [4.78, 5) is 23.1.